The van der Waals surface area contributed by atoms with E-state index < -0.39 is 0 Å². The second-order valence-electron chi connectivity index (χ2n) is 15.4. The summed E-state index contributed by atoms with van der Waals surface area (Å²) in [5, 5.41) is 4.58. The van der Waals surface area contributed by atoms with Gasteiger partial charge in [-0.1, -0.05) is 133 Å². The van der Waals surface area contributed by atoms with E-state index in [4.69, 9.17) is 19.4 Å². The van der Waals surface area contributed by atoms with E-state index in [9.17, 15) is 0 Å². The fourth-order valence-electron chi connectivity index (χ4n) is 8.95. The molecule has 5 nitrogen and oxygen atoms in total. The van der Waals surface area contributed by atoms with E-state index in [1.165, 1.54) is 38.6 Å². The van der Waals surface area contributed by atoms with Crippen LogP contribution in [0.2, 0.25) is 0 Å². The number of nitrogens with zero attached hydrogens (tertiary/aromatic N) is 4. The molecule has 0 bridgehead atoms. The molecule has 3 heterocycles. The summed E-state index contributed by atoms with van der Waals surface area (Å²) >= 11 is 0. The van der Waals surface area contributed by atoms with Crippen molar-refractivity contribution in [3.8, 4) is 62.1 Å². The molecule has 0 aliphatic carbocycles. The van der Waals surface area contributed by atoms with Gasteiger partial charge in [-0.05, 0) is 103 Å². The van der Waals surface area contributed by atoms with Gasteiger partial charge in [0.25, 0.3) is 0 Å². The van der Waals surface area contributed by atoms with E-state index in [2.05, 4.69) is 153 Å². The Bertz CT molecular complexity index is 3330. The number of aromatic nitrogens is 4. The van der Waals surface area contributed by atoms with Gasteiger partial charge in [0.1, 0.15) is 11.2 Å². The van der Waals surface area contributed by atoms with Crippen LogP contribution < -0.4 is 0 Å². The molecule has 280 valence electrons. The van der Waals surface area contributed by atoms with Crippen molar-refractivity contribution in [1.29, 1.82) is 0 Å². The highest BCUT2D eigenvalue weighted by Gasteiger charge is 2.21. The van der Waals surface area contributed by atoms with Gasteiger partial charge in [0, 0.05) is 38.2 Å². The first-order chi connectivity index (χ1) is 29.0. The molecule has 0 atom stereocenters. The molecule has 0 aliphatic rings. The minimum atomic E-state index is 0.591. The van der Waals surface area contributed by atoms with Gasteiger partial charge < -0.3 is 8.98 Å². The molecule has 0 radical (unpaired) electrons. The van der Waals surface area contributed by atoms with Crippen LogP contribution in [0.4, 0.5) is 0 Å². The summed E-state index contributed by atoms with van der Waals surface area (Å²) in [5.41, 5.74) is 16.1. The Morgan fingerprint density at radius 2 is 0.949 bits per heavy atom. The van der Waals surface area contributed by atoms with Gasteiger partial charge in [0.05, 0.1) is 16.7 Å². The van der Waals surface area contributed by atoms with Crippen LogP contribution in [0.1, 0.15) is 16.7 Å². The van der Waals surface area contributed by atoms with Crippen molar-refractivity contribution in [3.63, 3.8) is 0 Å². The monoisotopic (exact) mass is 758 g/mol. The van der Waals surface area contributed by atoms with E-state index in [1.807, 2.05) is 48.5 Å². The Labute approximate surface area is 341 Å². The fraction of sp³-hybridized carbons (Fsp3) is 0.0556. The number of hydrogen-bond acceptors (Lipinski definition) is 4. The first kappa shape index (κ1) is 34.6. The lowest BCUT2D eigenvalue weighted by molar-refractivity contribution is 0.669. The van der Waals surface area contributed by atoms with Crippen molar-refractivity contribution in [1.82, 2.24) is 19.5 Å². The first-order valence-electron chi connectivity index (χ1n) is 20.0. The van der Waals surface area contributed by atoms with Gasteiger partial charge in [-0.25, -0.2) is 15.0 Å². The molecule has 8 aromatic carbocycles. The van der Waals surface area contributed by atoms with Gasteiger partial charge in [-0.15, -0.1) is 0 Å². The highest BCUT2D eigenvalue weighted by atomic mass is 16.3. The molecule has 0 N–H and O–H groups in total. The zero-order chi connectivity index (χ0) is 39.6. The summed E-state index contributed by atoms with van der Waals surface area (Å²) in [4.78, 5) is 15.6. The van der Waals surface area contributed by atoms with Crippen molar-refractivity contribution in [3.05, 3.63) is 193 Å². The quantitative estimate of drug-likeness (QED) is 0.169. The van der Waals surface area contributed by atoms with E-state index in [0.29, 0.717) is 17.5 Å². The summed E-state index contributed by atoms with van der Waals surface area (Å²) in [6.45, 7) is 6.59. The number of hydrogen-bond donors (Lipinski definition) is 0. The lowest BCUT2D eigenvalue weighted by atomic mass is 9.93. The predicted molar refractivity (Wildman–Crippen MR) is 243 cm³/mol. The Balaban J connectivity index is 1.18. The second-order valence-corrected chi connectivity index (χ2v) is 15.4. The van der Waals surface area contributed by atoms with Crippen LogP contribution in [0.15, 0.2) is 180 Å². The lowest BCUT2D eigenvalue weighted by Crippen LogP contribution is -2.04. The number of furan rings is 1. The summed E-state index contributed by atoms with van der Waals surface area (Å²) in [5.74, 6) is 1.82. The highest BCUT2D eigenvalue weighted by molar-refractivity contribution is 6.11. The SMILES string of the molecule is Cc1cc(C)c(-c2ccc3c(c2)c2ccccc2n3-c2ccc(-c3ccc4c(c3)oc3ccccc34)cc2-c2nc(-c3ccccc3)nc(-c3ccccc3)n2)c(C)c1. The molecule has 3 aromatic heterocycles. The molecular weight excluding hydrogens is 721 g/mol. The van der Waals surface area contributed by atoms with Gasteiger partial charge in [0.2, 0.25) is 0 Å². The summed E-state index contributed by atoms with van der Waals surface area (Å²) in [6.07, 6.45) is 0. The van der Waals surface area contributed by atoms with Gasteiger partial charge >= 0.3 is 0 Å². The zero-order valence-corrected chi connectivity index (χ0v) is 32.9. The Morgan fingerprint density at radius 1 is 0.390 bits per heavy atom. The summed E-state index contributed by atoms with van der Waals surface area (Å²) < 4.78 is 8.74. The smallest absolute Gasteiger partial charge is 0.166 e. The largest absolute Gasteiger partial charge is 0.456 e. The van der Waals surface area contributed by atoms with E-state index >= 15 is 0 Å². The van der Waals surface area contributed by atoms with Crippen LogP contribution >= 0.6 is 0 Å². The van der Waals surface area contributed by atoms with Crippen LogP contribution in [0, 0.1) is 20.8 Å². The molecule has 0 unspecified atom stereocenters. The standard InChI is InChI=1S/C54H38N4O/c1-33-28-34(2)51(35(3)29-33)40-24-27-47-44(31-40)41-18-10-12-20-46(41)58(47)48-26-23-38(39-22-25-43-42-19-11-13-21-49(42)59-50(43)32-39)30-45(48)54-56-52(36-14-6-4-7-15-36)55-53(57-54)37-16-8-5-9-17-37/h4-32H,1-3H3. The van der Waals surface area contributed by atoms with Crippen molar-refractivity contribution in [2.24, 2.45) is 0 Å². The molecule has 0 aliphatic heterocycles. The van der Waals surface area contributed by atoms with Gasteiger partial charge in [-0.2, -0.15) is 0 Å². The molecular formula is C54H38N4O. The Kier molecular flexibility index (Phi) is 8.09. The van der Waals surface area contributed by atoms with E-state index in [1.54, 1.807) is 0 Å². The molecule has 0 saturated heterocycles. The predicted octanol–water partition coefficient (Wildman–Crippen LogP) is 14.1. The third-order valence-corrected chi connectivity index (χ3v) is 11.5. The maximum atomic E-state index is 6.36. The van der Waals surface area contributed by atoms with Gasteiger partial charge in [-0.3, -0.25) is 0 Å². The minimum absolute atomic E-state index is 0.591. The van der Waals surface area contributed by atoms with Gasteiger partial charge in [0.15, 0.2) is 17.5 Å². The molecule has 11 rings (SSSR count). The second kappa shape index (κ2) is 13.8. The number of aryl methyl sites for hydroxylation is 3. The van der Waals surface area contributed by atoms with Crippen molar-refractivity contribution in [2.75, 3.05) is 0 Å². The minimum Gasteiger partial charge on any atom is -0.456 e. The van der Waals surface area contributed by atoms with Crippen LogP contribution in [0.5, 0.6) is 0 Å². The summed E-state index contributed by atoms with van der Waals surface area (Å²) in [7, 11) is 0. The van der Waals surface area contributed by atoms with E-state index in [0.717, 1.165) is 66.5 Å². The topological polar surface area (TPSA) is 56.7 Å². The highest BCUT2D eigenvalue weighted by Crippen LogP contribution is 2.41. The van der Waals surface area contributed by atoms with Crippen molar-refractivity contribution >= 4 is 43.7 Å². The Hall–Kier alpha value is -7.63. The molecule has 0 fully saturated rings. The molecule has 5 heteroatoms. The molecule has 59 heavy (non-hydrogen) atoms. The number of para-hydroxylation sites is 2. The van der Waals surface area contributed by atoms with Crippen LogP contribution in [0.3, 0.4) is 0 Å². The molecule has 11 aromatic rings. The van der Waals surface area contributed by atoms with Crippen LogP contribution in [-0.4, -0.2) is 19.5 Å². The Morgan fingerprint density at radius 3 is 1.68 bits per heavy atom. The summed E-state index contributed by atoms with van der Waals surface area (Å²) in [6, 6.07) is 61.8. The van der Waals surface area contributed by atoms with Crippen LogP contribution in [0.25, 0.3) is 106 Å². The molecule has 0 amide bonds. The lowest BCUT2D eigenvalue weighted by Gasteiger charge is -2.17. The van der Waals surface area contributed by atoms with Crippen molar-refractivity contribution in [2.45, 2.75) is 20.8 Å². The maximum Gasteiger partial charge on any atom is 0.166 e. The fourth-order valence-corrected chi connectivity index (χ4v) is 8.95. The third kappa shape index (κ3) is 5.90. The number of fused-ring (bicyclic) bond motifs is 6. The third-order valence-electron chi connectivity index (χ3n) is 11.5. The van der Waals surface area contributed by atoms with Crippen LogP contribution in [-0.2, 0) is 0 Å². The maximum absolute atomic E-state index is 6.36. The zero-order valence-electron chi connectivity index (χ0n) is 32.9. The first-order valence-corrected chi connectivity index (χ1v) is 20.0. The molecule has 0 saturated carbocycles. The average molecular weight is 759 g/mol. The number of benzene rings is 8. The average Bonchev–Trinajstić information content (AvgIpc) is 3.81. The van der Waals surface area contributed by atoms with E-state index in [-0.39, 0.29) is 0 Å². The van der Waals surface area contributed by atoms with Crippen molar-refractivity contribution < 1.29 is 4.42 Å². The molecule has 0 spiro atoms. The normalized spacial score (nSPS) is 11.6. The number of rotatable bonds is 6.